The lowest BCUT2D eigenvalue weighted by Gasteiger charge is -2.19. The SMILES string of the molecule is CC(C)C(=O)Nc1ccc2c(c1)OCCO2. The summed E-state index contributed by atoms with van der Waals surface area (Å²) in [6, 6.07) is 5.41. The third-order valence-electron chi connectivity index (χ3n) is 2.33. The van der Waals surface area contributed by atoms with Crippen LogP contribution in [0, 0.1) is 5.92 Å². The molecule has 0 aliphatic carbocycles. The Bertz CT molecular complexity index is 401. The second-order valence-electron chi connectivity index (χ2n) is 4.00. The van der Waals surface area contributed by atoms with Crippen LogP contribution in [-0.2, 0) is 4.79 Å². The zero-order valence-corrected chi connectivity index (χ0v) is 9.45. The van der Waals surface area contributed by atoms with Crippen molar-refractivity contribution in [2.24, 2.45) is 5.92 Å². The minimum Gasteiger partial charge on any atom is -0.486 e. The van der Waals surface area contributed by atoms with E-state index >= 15 is 0 Å². The van der Waals surface area contributed by atoms with E-state index in [0.717, 1.165) is 11.4 Å². The normalized spacial score (nSPS) is 13.7. The molecule has 0 unspecified atom stereocenters. The van der Waals surface area contributed by atoms with Crippen molar-refractivity contribution in [1.82, 2.24) is 0 Å². The molecule has 2 rings (SSSR count). The Balaban J connectivity index is 2.14. The number of hydrogen-bond donors (Lipinski definition) is 1. The first-order valence-electron chi connectivity index (χ1n) is 5.37. The maximum Gasteiger partial charge on any atom is 0.226 e. The van der Waals surface area contributed by atoms with Crippen molar-refractivity contribution >= 4 is 11.6 Å². The van der Waals surface area contributed by atoms with E-state index in [9.17, 15) is 4.79 Å². The number of amides is 1. The molecule has 0 atom stereocenters. The molecule has 0 bridgehead atoms. The molecule has 4 nitrogen and oxygen atoms in total. The molecule has 4 heteroatoms. The molecule has 1 aromatic rings. The highest BCUT2D eigenvalue weighted by Crippen LogP contribution is 2.32. The average Bonchev–Trinajstić information content (AvgIpc) is 2.28. The largest absolute Gasteiger partial charge is 0.486 e. The average molecular weight is 221 g/mol. The van der Waals surface area contributed by atoms with Crippen LogP contribution in [0.2, 0.25) is 0 Å². The van der Waals surface area contributed by atoms with Crippen molar-refractivity contribution in [2.75, 3.05) is 18.5 Å². The summed E-state index contributed by atoms with van der Waals surface area (Å²) in [6.07, 6.45) is 0. The van der Waals surface area contributed by atoms with Gasteiger partial charge in [-0.2, -0.15) is 0 Å². The summed E-state index contributed by atoms with van der Waals surface area (Å²) in [5, 5.41) is 2.82. The van der Waals surface area contributed by atoms with Gasteiger partial charge in [0.15, 0.2) is 11.5 Å². The molecule has 0 saturated heterocycles. The summed E-state index contributed by atoms with van der Waals surface area (Å²) in [4.78, 5) is 11.5. The lowest BCUT2D eigenvalue weighted by Crippen LogP contribution is -2.19. The number of ether oxygens (including phenoxy) is 2. The second-order valence-corrected chi connectivity index (χ2v) is 4.00. The van der Waals surface area contributed by atoms with Gasteiger partial charge in [-0.05, 0) is 12.1 Å². The van der Waals surface area contributed by atoms with Gasteiger partial charge in [-0.1, -0.05) is 13.8 Å². The van der Waals surface area contributed by atoms with E-state index in [0.29, 0.717) is 19.0 Å². The van der Waals surface area contributed by atoms with Gasteiger partial charge in [0.25, 0.3) is 0 Å². The smallest absolute Gasteiger partial charge is 0.226 e. The van der Waals surface area contributed by atoms with Crippen LogP contribution in [0.4, 0.5) is 5.69 Å². The molecule has 1 aliphatic heterocycles. The fourth-order valence-electron chi connectivity index (χ4n) is 1.41. The van der Waals surface area contributed by atoms with E-state index in [1.54, 1.807) is 6.07 Å². The number of rotatable bonds is 2. The first-order valence-corrected chi connectivity index (χ1v) is 5.37. The minimum atomic E-state index is -0.0341. The number of fused-ring (bicyclic) bond motifs is 1. The van der Waals surface area contributed by atoms with Crippen molar-refractivity contribution in [3.63, 3.8) is 0 Å². The van der Waals surface area contributed by atoms with Crippen molar-refractivity contribution in [3.8, 4) is 11.5 Å². The molecule has 0 spiro atoms. The zero-order chi connectivity index (χ0) is 11.5. The van der Waals surface area contributed by atoms with Gasteiger partial charge in [0.2, 0.25) is 5.91 Å². The predicted molar refractivity (Wildman–Crippen MR) is 60.9 cm³/mol. The highest BCUT2D eigenvalue weighted by Gasteiger charge is 2.13. The fourth-order valence-corrected chi connectivity index (χ4v) is 1.41. The van der Waals surface area contributed by atoms with Crippen LogP contribution in [0.3, 0.4) is 0 Å². The number of benzene rings is 1. The van der Waals surface area contributed by atoms with Gasteiger partial charge >= 0.3 is 0 Å². The van der Waals surface area contributed by atoms with Gasteiger partial charge < -0.3 is 14.8 Å². The third kappa shape index (κ3) is 2.27. The molecule has 16 heavy (non-hydrogen) atoms. The number of anilines is 1. The molecule has 0 aromatic heterocycles. The van der Waals surface area contributed by atoms with Crippen LogP contribution >= 0.6 is 0 Å². The Morgan fingerprint density at radius 2 is 1.94 bits per heavy atom. The summed E-state index contributed by atoms with van der Waals surface area (Å²) >= 11 is 0. The summed E-state index contributed by atoms with van der Waals surface area (Å²) in [6.45, 7) is 4.83. The summed E-state index contributed by atoms with van der Waals surface area (Å²) in [5.41, 5.74) is 0.739. The molecule has 1 heterocycles. The first kappa shape index (κ1) is 10.8. The molecule has 0 radical (unpaired) electrons. The van der Waals surface area contributed by atoms with Gasteiger partial charge in [-0.3, -0.25) is 4.79 Å². The van der Waals surface area contributed by atoms with Crippen LogP contribution < -0.4 is 14.8 Å². The molecule has 1 N–H and O–H groups in total. The summed E-state index contributed by atoms with van der Waals surface area (Å²) in [7, 11) is 0. The van der Waals surface area contributed by atoms with Crippen LogP contribution in [0.15, 0.2) is 18.2 Å². The first-order chi connectivity index (χ1) is 7.66. The Labute approximate surface area is 94.6 Å². The van der Waals surface area contributed by atoms with Crippen LogP contribution in [-0.4, -0.2) is 19.1 Å². The van der Waals surface area contributed by atoms with Gasteiger partial charge in [-0.15, -0.1) is 0 Å². The van der Waals surface area contributed by atoms with E-state index < -0.39 is 0 Å². The van der Waals surface area contributed by atoms with Crippen LogP contribution in [0.25, 0.3) is 0 Å². The molecule has 1 aromatic carbocycles. The lowest BCUT2D eigenvalue weighted by molar-refractivity contribution is -0.118. The van der Waals surface area contributed by atoms with Gasteiger partial charge in [0, 0.05) is 17.7 Å². The molecule has 86 valence electrons. The molecule has 1 aliphatic rings. The standard InChI is InChI=1S/C12H15NO3/c1-8(2)12(14)13-9-3-4-10-11(7-9)16-6-5-15-10/h3-4,7-8H,5-6H2,1-2H3,(H,13,14). The maximum atomic E-state index is 11.5. The van der Waals surface area contributed by atoms with E-state index in [-0.39, 0.29) is 11.8 Å². The number of carbonyl (C=O) groups is 1. The third-order valence-corrected chi connectivity index (χ3v) is 2.33. The molecule has 0 saturated carbocycles. The summed E-state index contributed by atoms with van der Waals surface area (Å²) in [5.74, 6) is 1.38. The Morgan fingerprint density at radius 1 is 1.25 bits per heavy atom. The van der Waals surface area contributed by atoms with E-state index in [4.69, 9.17) is 9.47 Å². The number of nitrogens with one attached hydrogen (secondary N) is 1. The van der Waals surface area contributed by atoms with E-state index in [2.05, 4.69) is 5.32 Å². The van der Waals surface area contributed by atoms with Gasteiger partial charge in [-0.25, -0.2) is 0 Å². The lowest BCUT2D eigenvalue weighted by atomic mass is 10.2. The van der Waals surface area contributed by atoms with Crippen molar-refractivity contribution in [2.45, 2.75) is 13.8 Å². The van der Waals surface area contributed by atoms with Gasteiger partial charge in [0.05, 0.1) is 0 Å². The molecular formula is C12H15NO3. The maximum absolute atomic E-state index is 11.5. The Hall–Kier alpha value is -1.71. The van der Waals surface area contributed by atoms with Crippen LogP contribution in [0.1, 0.15) is 13.8 Å². The van der Waals surface area contributed by atoms with Crippen LogP contribution in [0.5, 0.6) is 11.5 Å². The van der Waals surface area contributed by atoms with E-state index in [1.807, 2.05) is 26.0 Å². The number of hydrogen-bond acceptors (Lipinski definition) is 3. The topological polar surface area (TPSA) is 47.6 Å². The number of carbonyl (C=O) groups excluding carboxylic acids is 1. The quantitative estimate of drug-likeness (QED) is 0.831. The zero-order valence-electron chi connectivity index (χ0n) is 9.45. The summed E-state index contributed by atoms with van der Waals surface area (Å²) < 4.78 is 10.8. The minimum absolute atomic E-state index is 0.00308. The van der Waals surface area contributed by atoms with E-state index in [1.165, 1.54) is 0 Å². The van der Waals surface area contributed by atoms with Crippen molar-refractivity contribution in [1.29, 1.82) is 0 Å². The monoisotopic (exact) mass is 221 g/mol. The molecule has 1 amide bonds. The molecular weight excluding hydrogens is 206 g/mol. The highest BCUT2D eigenvalue weighted by molar-refractivity contribution is 5.92. The Kier molecular flexibility index (Phi) is 2.99. The predicted octanol–water partition coefficient (Wildman–Crippen LogP) is 2.05. The Morgan fingerprint density at radius 3 is 2.62 bits per heavy atom. The fraction of sp³-hybridized carbons (Fsp3) is 0.417. The second kappa shape index (κ2) is 4.43. The van der Waals surface area contributed by atoms with Crippen molar-refractivity contribution < 1.29 is 14.3 Å². The van der Waals surface area contributed by atoms with Gasteiger partial charge in [0.1, 0.15) is 13.2 Å². The van der Waals surface area contributed by atoms with Crippen molar-refractivity contribution in [3.05, 3.63) is 18.2 Å². The molecule has 0 fully saturated rings. The highest BCUT2D eigenvalue weighted by atomic mass is 16.6.